The maximum absolute atomic E-state index is 12.4. The number of fused-ring (bicyclic) bond motifs is 5. The van der Waals surface area contributed by atoms with Crippen molar-refractivity contribution in [2.75, 3.05) is 0 Å². The van der Waals surface area contributed by atoms with Crippen molar-refractivity contribution in [2.24, 2.45) is 28.1 Å². The third-order valence-electron chi connectivity index (χ3n) is 10.6. The molecule has 4 aliphatic carbocycles. The normalized spacial score (nSPS) is 50.5. The molecule has 1 N–H and O–H groups in total. The molecule has 3 heteroatoms. The number of rotatable bonds is 1. The van der Waals surface area contributed by atoms with Crippen LogP contribution in [0.15, 0.2) is 27.6 Å². The van der Waals surface area contributed by atoms with E-state index in [1.807, 2.05) is 6.07 Å². The smallest absolute Gasteiger partial charge is 0.335 e. The zero-order valence-electron chi connectivity index (χ0n) is 17.8. The Balaban J connectivity index is 1.55. The van der Waals surface area contributed by atoms with Crippen LogP contribution in [-0.4, -0.2) is 10.7 Å². The van der Waals surface area contributed by atoms with Crippen LogP contribution in [0.3, 0.4) is 0 Å². The fourth-order valence-corrected chi connectivity index (χ4v) is 8.99. The standard InChI is InChI=1S/C25H36O3/c1-22-12-5-4-6-18(22)9-13-24(3)20(22)11-14-23(2)19(10-15-25(23,24)27)17-7-8-21(26)28-16-17/h7-8,16,18-20,27H,4-6,9-15H2,1-3H3/t18-,19+,20+,22-,23+,24+,25+/m0/s1. The summed E-state index contributed by atoms with van der Waals surface area (Å²) in [6.07, 6.45) is 13.8. The minimum atomic E-state index is -0.630. The first-order valence-electron chi connectivity index (χ1n) is 11.6. The Hall–Kier alpha value is -1.09. The lowest BCUT2D eigenvalue weighted by atomic mass is 9.38. The summed E-state index contributed by atoms with van der Waals surface area (Å²) in [6.45, 7) is 7.31. The largest absolute Gasteiger partial charge is 0.431 e. The van der Waals surface area contributed by atoms with Crippen molar-refractivity contribution < 1.29 is 9.52 Å². The molecule has 5 rings (SSSR count). The molecule has 0 unspecified atom stereocenters. The van der Waals surface area contributed by atoms with E-state index in [9.17, 15) is 9.90 Å². The number of hydrogen-bond acceptors (Lipinski definition) is 3. The second-order valence-corrected chi connectivity index (χ2v) is 11.3. The van der Waals surface area contributed by atoms with Crippen molar-refractivity contribution in [3.05, 3.63) is 34.4 Å². The summed E-state index contributed by atoms with van der Waals surface area (Å²) in [5.74, 6) is 1.76. The zero-order valence-corrected chi connectivity index (χ0v) is 17.8. The van der Waals surface area contributed by atoms with Gasteiger partial charge in [-0.25, -0.2) is 4.79 Å². The molecule has 0 aromatic carbocycles. The zero-order chi connectivity index (χ0) is 19.8. The molecule has 0 bridgehead atoms. The molecule has 0 saturated heterocycles. The Morgan fingerprint density at radius 2 is 1.71 bits per heavy atom. The summed E-state index contributed by atoms with van der Waals surface area (Å²) in [6, 6.07) is 3.47. The predicted molar refractivity (Wildman–Crippen MR) is 110 cm³/mol. The molecule has 154 valence electrons. The Bertz CT molecular complexity index is 809. The van der Waals surface area contributed by atoms with E-state index in [2.05, 4.69) is 20.8 Å². The second kappa shape index (κ2) is 5.97. The van der Waals surface area contributed by atoms with Crippen molar-refractivity contribution in [1.82, 2.24) is 0 Å². The minimum Gasteiger partial charge on any atom is -0.431 e. The van der Waals surface area contributed by atoms with Crippen molar-refractivity contribution >= 4 is 0 Å². The van der Waals surface area contributed by atoms with Gasteiger partial charge in [0.2, 0.25) is 0 Å². The van der Waals surface area contributed by atoms with Gasteiger partial charge in [-0.05, 0) is 86.2 Å². The Morgan fingerprint density at radius 1 is 0.929 bits per heavy atom. The summed E-state index contributed by atoms with van der Waals surface area (Å²) >= 11 is 0. The van der Waals surface area contributed by atoms with Crippen LogP contribution in [-0.2, 0) is 0 Å². The molecule has 4 fully saturated rings. The van der Waals surface area contributed by atoms with Gasteiger partial charge in [-0.2, -0.15) is 0 Å². The fraction of sp³-hybridized carbons (Fsp3) is 0.800. The Labute approximate surface area is 168 Å². The van der Waals surface area contributed by atoms with E-state index in [1.54, 1.807) is 6.26 Å². The summed E-state index contributed by atoms with van der Waals surface area (Å²) in [4.78, 5) is 11.5. The molecular formula is C25H36O3. The molecule has 1 heterocycles. The summed E-state index contributed by atoms with van der Waals surface area (Å²) < 4.78 is 5.21. The van der Waals surface area contributed by atoms with Crippen LogP contribution in [0.2, 0.25) is 0 Å². The van der Waals surface area contributed by atoms with Crippen LogP contribution in [0.1, 0.15) is 96.5 Å². The van der Waals surface area contributed by atoms with Gasteiger partial charge in [-0.1, -0.05) is 33.6 Å². The minimum absolute atomic E-state index is 0.00699. The average molecular weight is 385 g/mol. The van der Waals surface area contributed by atoms with Crippen LogP contribution >= 0.6 is 0 Å². The van der Waals surface area contributed by atoms with Gasteiger partial charge in [0, 0.05) is 16.9 Å². The fourth-order valence-electron chi connectivity index (χ4n) is 8.99. The monoisotopic (exact) mass is 384 g/mol. The van der Waals surface area contributed by atoms with E-state index < -0.39 is 5.60 Å². The third-order valence-corrected chi connectivity index (χ3v) is 10.6. The van der Waals surface area contributed by atoms with Crippen molar-refractivity contribution in [3.63, 3.8) is 0 Å². The van der Waals surface area contributed by atoms with Gasteiger partial charge in [0.05, 0.1) is 11.9 Å². The topological polar surface area (TPSA) is 50.4 Å². The lowest BCUT2D eigenvalue weighted by Crippen LogP contribution is -2.67. The molecule has 7 atom stereocenters. The van der Waals surface area contributed by atoms with E-state index in [4.69, 9.17) is 4.42 Å². The average Bonchev–Trinajstić information content (AvgIpc) is 2.95. The van der Waals surface area contributed by atoms with Gasteiger partial charge in [0.15, 0.2) is 0 Å². The van der Waals surface area contributed by atoms with Crippen molar-refractivity contribution in [3.8, 4) is 0 Å². The van der Waals surface area contributed by atoms with Gasteiger partial charge in [-0.15, -0.1) is 0 Å². The van der Waals surface area contributed by atoms with Gasteiger partial charge in [-0.3, -0.25) is 0 Å². The molecule has 0 spiro atoms. The van der Waals surface area contributed by atoms with Crippen LogP contribution in [0.5, 0.6) is 0 Å². The van der Waals surface area contributed by atoms with E-state index >= 15 is 0 Å². The number of aliphatic hydroxyl groups is 1. The molecule has 0 aliphatic heterocycles. The first-order chi connectivity index (χ1) is 13.2. The van der Waals surface area contributed by atoms with Crippen LogP contribution in [0.4, 0.5) is 0 Å². The van der Waals surface area contributed by atoms with Crippen LogP contribution < -0.4 is 5.63 Å². The van der Waals surface area contributed by atoms with E-state index in [1.165, 1.54) is 51.0 Å². The molecule has 28 heavy (non-hydrogen) atoms. The molecule has 0 amide bonds. The lowest BCUT2D eigenvalue weighted by Gasteiger charge is -2.68. The molecule has 3 nitrogen and oxygen atoms in total. The maximum atomic E-state index is 12.4. The maximum Gasteiger partial charge on any atom is 0.335 e. The van der Waals surface area contributed by atoms with Crippen molar-refractivity contribution in [1.29, 1.82) is 0 Å². The number of hydrogen-bond donors (Lipinski definition) is 1. The third kappa shape index (κ3) is 2.18. The van der Waals surface area contributed by atoms with Gasteiger partial charge in [0.25, 0.3) is 0 Å². The van der Waals surface area contributed by atoms with E-state index in [0.717, 1.165) is 30.7 Å². The van der Waals surface area contributed by atoms with Gasteiger partial charge < -0.3 is 9.52 Å². The first kappa shape index (κ1) is 18.9. The highest BCUT2D eigenvalue weighted by Gasteiger charge is 2.71. The summed E-state index contributed by atoms with van der Waals surface area (Å²) in [7, 11) is 0. The Kier molecular flexibility index (Phi) is 4.03. The molecule has 1 aromatic heterocycles. The molecule has 4 saturated carbocycles. The second-order valence-electron chi connectivity index (χ2n) is 11.3. The summed E-state index contributed by atoms with van der Waals surface area (Å²) in [5.41, 5.74) is 0.428. The SMILES string of the molecule is C[C@]12CCCC[C@H]1CC[C@]1(C)[C@@H]2CC[C@]2(C)[C@@H](c3ccc(=O)oc3)CC[C@@]21O. The Morgan fingerprint density at radius 3 is 2.46 bits per heavy atom. The van der Waals surface area contributed by atoms with Crippen LogP contribution in [0, 0.1) is 28.1 Å². The molecule has 1 aromatic rings. The predicted octanol–water partition coefficient (Wildman–Crippen LogP) is 5.66. The molecular weight excluding hydrogens is 348 g/mol. The van der Waals surface area contributed by atoms with Crippen LogP contribution in [0.25, 0.3) is 0 Å². The lowest BCUT2D eigenvalue weighted by molar-refractivity contribution is -0.251. The quantitative estimate of drug-likeness (QED) is 0.679. The molecule has 0 radical (unpaired) electrons. The highest BCUT2D eigenvalue weighted by Crippen LogP contribution is 2.75. The highest BCUT2D eigenvalue weighted by atomic mass is 16.4. The van der Waals surface area contributed by atoms with E-state index in [-0.39, 0.29) is 22.4 Å². The van der Waals surface area contributed by atoms with E-state index in [0.29, 0.717) is 11.3 Å². The summed E-state index contributed by atoms with van der Waals surface area (Å²) in [5, 5.41) is 12.4. The van der Waals surface area contributed by atoms with Gasteiger partial charge >= 0.3 is 5.63 Å². The first-order valence-corrected chi connectivity index (χ1v) is 11.6. The highest BCUT2D eigenvalue weighted by molar-refractivity contribution is 5.29. The molecule has 4 aliphatic rings. The van der Waals surface area contributed by atoms with Gasteiger partial charge in [0.1, 0.15) is 0 Å². The van der Waals surface area contributed by atoms with Crippen molar-refractivity contribution in [2.45, 2.75) is 96.5 Å².